The van der Waals surface area contributed by atoms with Crippen molar-refractivity contribution >= 4 is 10.0 Å². The highest BCUT2D eigenvalue weighted by molar-refractivity contribution is 7.89. The zero-order chi connectivity index (χ0) is 14.6. The molecule has 0 fully saturated rings. The van der Waals surface area contributed by atoms with E-state index in [2.05, 4.69) is 0 Å². The number of hydrogen-bond donors (Lipinski definition) is 1. The SMILES string of the molecule is CC(C)CCN(C)S(=O)(=O)c1ccc(F)c(CO)c1. The van der Waals surface area contributed by atoms with Gasteiger partial charge in [-0.3, -0.25) is 0 Å². The lowest BCUT2D eigenvalue weighted by Gasteiger charge is -2.18. The van der Waals surface area contributed by atoms with E-state index in [4.69, 9.17) is 5.11 Å². The molecule has 1 N–H and O–H groups in total. The van der Waals surface area contributed by atoms with E-state index < -0.39 is 22.4 Å². The van der Waals surface area contributed by atoms with Gasteiger partial charge in [0.15, 0.2) is 0 Å². The van der Waals surface area contributed by atoms with Crippen LogP contribution in [0.1, 0.15) is 25.8 Å². The third-order valence-corrected chi connectivity index (χ3v) is 4.77. The Morgan fingerprint density at radius 3 is 2.53 bits per heavy atom. The predicted octanol–water partition coefficient (Wildman–Crippen LogP) is 1.98. The molecule has 0 aromatic heterocycles. The Labute approximate surface area is 113 Å². The van der Waals surface area contributed by atoms with E-state index in [1.54, 1.807) is 0 Å². The summed E-state index contributed by atoms with van der Waals surface area (Å²) in [7, 11) is -2.13. The number of rotatable bonds is 6. The first kappa shape index (κ1) is 16.1. The summed E-state index contributed by atoms with van der Waals surface area (Å²) in [4.78, 5) is 0.00389. The van der Waals surface area contributed by atoms with E-state index in [1.807, 2.05) is 13.8 Å². The molecule has 0 bridgehead atoms. The summed E-state index contributed by atoms with van der Waals surface area (Å²) >= 11 is 0. The molecule has 0 amide bonds. The molecule has 0 spiro atoms. The van der Waals surface area contributed by atoms with E-state index >= 15 is 0 Å². The van der Waals surface area contributed by atoms with Crippen LogP contribution in [0.4, 0.5) is 4.39 Å². The summed E-state index contributed by atoms with van der Waals surface area (Å²) in [5, 5.41) is 8.97. The number of nitrogens with zero attached hydrogens (tertiary/aromatic N) is 1. The van der Waals surface area contributed by atoms with Crippen molar-refractivity contribution in [1.29, 1.82) is 0 Å². The Morgan fingerprint density at radius 1 is 1.37 bits per heavy atom. The van der Waals surface area contributed by atoms with Crippen LogP contribution in [0.15, 0.2) is 23.1 Å². The number of aliphatic hydroxyl groups excluding tert-OH is 1. The third kappa shape index (κ3) is 3.99. The minimum atomic E-state index is -3.63. The molecule has 0 saturated carbocycles. The average molecular weight is 289 g/mol. The van der Waals surface area contributed by atoms with Gasteiger partial charge in [0.25, 0.3) is 0 Å². The summed E-state index contributed by atoms with van der Waals surface area (Å²) < 4.78 is 39.0. The van der Waals surface area contributed by atoms with Crippen molar-refractivity contribution in [2.24, 2.45) is 5.92 Å². The van der Waals surface area contributed by atoms with Crippen molar-refractivity contribution in [3.63, 3.8) is 0 Å². The van der Waals surface area contributed by atoms with Gasteiger partial charge >= 0.3 is 0 Å². The van der Waals surface area contributed by atoms with Crippen molar-refractivity contribution in [2.75, 3.05) is 13.6 Å². The predicted molar refractivity (Wildman–Crippen MR) is 71.6 cm³/mol. The van der Waals surface area contributed by atoms with Crippen molar-refractivity contribution < 1.29 is 17.9 Å². The van der Waals surface area contributed by atoms with Crippen LogP contribution in [0.3, 0.4) is 0 Å². The van der Waals surface area contributed by atoms with Gasteiger partial charge in [0.2, 0.25) is 10.0 Å². The van der Waals surface area contributed by atoms with Gasteiger partial charge in [-0.25, -0.2) is 17.1 Å². The largest absolute Gasteiger partial charge is 0.392 e. The lowest BCUT2D eigenvalue weighted by atomic mass is 10.1. The molecule has 108 valence electrons. The molecule has 0 aliphatic carbocycles. The molecular formula is C13H20FNO3S. The second-order valence-corrected chi connectivity index (χ2v) is 6.97. The Bertz CT molecular complexity index is 529. The first-order valence-corrected chi connectivity index (χ1v) is 7.58. The zero-order valence-corrected chi connectivity index (χ0v) is 12.2. The fraction of sp³-hybridized carbons (Fsp3) is 0.538. The molecule has 0 radical (unpaired) electrons. The third-order valence-electron chi connectivity index (χ3n) is 2.92. The molecule has 0 aliphatic rings. The van der Waals surface area contributed by atoms with Gasteiger partial charge in [-0.1, -0.05) is 13.8 Å². The number of hydrogen-bond acceptors (Lipinski definition) is 3. The molecule has 6 heteroatoms. The van der Waals surface area contributed by atoms with Gasteiger partial charge in [-0.15, -0.1) is 0 Å². The highest BCUT2D eigenvalue weighted by atomic mass is 32.2. The number of halogens is 1. The molecule has 0 atom stereocenters. The van der Waals surface area contributed by atoms with E-state index in [-0.39, 0.29) is 10.5 Å². The second kappa shape index (κ2) is 6.45. The maximum absolute atomic E-state index is 13.2. The first-order chi connectivity index (χ1) is 8.78. The van der Waals surface area contributed by atoms with Crippen molar-refractivity contribution in [2.45, 2.75) is 31.8 Å². The quantitative estimate of drug-likeness (QED) is 0.871. The summed E-state index contributed by atoms with van der Waals surface area (Å²) in [5.74, 6) is -0.204. The Balaban J connectivity index is 2.99. The molecule has 1 aromatic carbocycles. The summed E-state index contributed by atoms with van der Waals surface area (Å²) in [5.41, 5.74) is -0.0154. The fourth-order valence-corrected chi connectivity index (χ4v) is 2.81. The van der Waals surface area contributed by atoms with Gasteiger partial charge in [0.05, 0.1) is 11.5 Å². The first-order valence-electron chi connectivity index (χ1n) is 6.14. The van der Waals surface area contributed by atoms with E-state index in [0.717, 1.165) is 12.5 Å². The normalized spacial score (nSPS) is 12.4. The van der Waals surface area contributed by atoms with Crippen molar-refractivity contribution in [3.05, 3.63) is 29.6 Å². The van der Waals surface area contributed by atoms with Crippen LogP contribution in [0, 0.1) is 11.7 Å². The van der Waals surface area contributed by atoms with Crippen LogP contribution in [0.2, 0.25) is 0 Å². The van der Waals surface area contributed by atoms with E-state index in [1.165, 1.54) is 23.5 Å². The lowest BCUT2D eigenvalue weighted by Crippen LogP contribution is -2.28. The second-order valence-electron chi connectivity index (χ2n) is 4.92. The maximum Gasteiger partial charge on any atom is 0.242 e. The fourth-order valence-electron chi connectivity index (χ4n) is 1.57. The van der Waals surface area contributed by atoms with Crippen molar-refractivity contribution in [1.82, 2.24) is 4.31 Å². The Hall–Kier alpha value is -0.980. The van der Waals surface area contributed by atoms with Crippen LogP contribution >= 0.6 is 0 Å². The highest BCUT2D eigenvalue weighted by Crippen LogP contribution is 2.19. The minimum absolute atomic E-state index is 0.00389. The van der Waals surface area contributed by atoms with Crippen LogP contribution in [-0.2, 0) is 16.6 Å². The van der Waals surface area contributed by atoms with Gasteiger partial charge in [-0.2, -0.15) is 0 Å². The molecule has 0 aliphatic heterocycles. The maximum atomic E-state index is 13.2. The van der Waals surface area contributed by atoms with Gasteiger partial charge in [0, 0.05) is 19.2 Å². The van der Waals surface area contributed by atoms with Gasteiger partial charge in [0.1, 0.15) is 5.82 Å². The van der Waals surface area contributed by atoms with Crippen LogP contribution < -0.4 is 0 Å². The smallest absolute Gasteiger partial charge is 0.242 e. The number of aliphatic hydroxyl groups is 1. The monoisotopic (exact) mass is 289 g/mol. The molecule has 0 unspecified atom stereocenters. The van der Waals surface area contributed by atoms with Crippen LogP contribution in [-0.4, -0.2) is 31.4 Å². The number of sulfonamides is 1. The molecular weight excluding hydrogens is 269 g/mol. The molecule has 19 heavy (non-hydrogen) atoms. The minimum Gasteiger partial charge on any atom is -0.392 e. The lowest BCUT2D eigenvalue weighted by molar-refractivity contribution is 0.275. The zero-order valence-electron chi connectivity index (χ0n) is 11.4. The highest BCUT2D eigenvalue weighted by Gasteiger charge is 2.21. The van der Waals surface area contributed by atoms with E-state index in [0.29, 0.717) is 12.5 Å². The molecule has 1 rings (SSSR count). The molecule has 0 saturated heterocycles. The van der Waals surface area contributed by atoms with Crippen LogP contribution in [0.5, 0.6) is 0 Å². The summed E-state index contributed by atoms with van der Waals surface area (Å²) in [6.07, 6.45) is 0.754. The average Bonchev–Trinajstić information content (AvgIpc) is 2.35. The molecule has 0 heterocycles. The molecule has 4 nitrogen and oxygen atoms in total. The van der Waals surface area contributed by atoms with Crippen LogP contribution in [0.25, 0.3) is 0 Å². The molecule has 1 aromatic rings. The standard InChI is InChI=1S/C13H20FNO3S/c1-10(2)6-7-15(3)19(17,18)12-4-5-13(14)11(8-12)9-16/h4-5,8,10,16H,6-7,9H2,1-3H3. The van der Waals surface area contributed by atoms with Gasteiger partial charge < -0.3 is 5.11 Å². The number of benzene rings is 1. The summed E-state index contributed by atoms with van der Waals surface area (Å²) in [6.45, 7) is 3.92. The van der Waals surface area contributed by atoms with Gasteiger partial charge in [-0.05, 0) is 30.5 Å². The van der Waals surface area contributed by atoms with E-state index in [9.17, 15) is 12.8 Å². The Kier molecular flexibility index (Phi) is 5.46. The van der Waals surface area contributed by atoms with Crippen molar-refractivity contribution in [3.8, 4) is 0 Å². The topological polar surface area (TPSA) is 57.6 Å². The summed E-state index contributed by atoms with van der Waals surface area (Å²) in [6, 6.07) is 3.46. The Morgan fingerprint density at radius 2 is 2.00 bits per heavy atom.